The van der Waals surface area contributed by atoms with Gasteiger partial charge in [0.05, 0.1) is 13.2 Å². The number of carboxylic acid groups (broad SMARTS) is 1. The van der Waals surface area contributed by atoms with Crippen molar-refractivity contribution in [2.45, 2.75) is 13.2 Å². The Morgan fingerprint density at radius 2 is 2.21 bits per heavy atom. The van der Waals surface area contributed by atoms with Crippen LogP contribution in [0.25, 0.3) is 0 Å². The molecule has 1 saturated heterocycles. The van der Waals surface area contributed by atoms with Gasteiger partial charge in [0.15, 0.2) is 6.29 Å². The largest absolute Gasteiger partial charge is 0.477 e. The summed E-state index contributed by atoms with van der Waals surface area (Å²) in [7, 11) is 0. The first kappa shape index (κ1) is 9.64. The summed E-state index contributed by atoms with van der Waals surface area (Å²) in [6, 6.07) is 0. The van der Waals surface area contributed by atoms with E-state index in [4.69, 9.17) is 14.6 Å². The monoisotopic (exact) mass is 214 g/mol. The zero-order valence-corrected chi connectivity index (χ0v) is 8.47. The summed E-state index contributed by atoms with van der Waals surface area (Å²) in [6.07, 6.45) is -0.376. The van der Waals surface area contributed by atoms with E-state index < -0.39 is 5.97 Å². The van der Waals surface area contributed by atoms with Crippen molar-refractivity contribution < 1.29 is 19.4 Å². The average molecular weight is 214 g/mol. The summed E-state index contributed by atoms with van der Waals surface area (Å²) in [5.74, 6) is -0.892. The predicted molar refractivity (Wildman–Crippen MR) is 50.7 cm³/mol. The van der Waals surface area contributed by atoms with Crippen LogP contribution in [0.1, 0.15) is 27.1 Å². The van der Waals surface area contributed by atoms with Crippen LogP contribution in [0.4, 0.5) is 0 Å². The summed E-state index contributed by atoms with van der Waals surface area (Å²) in [5, 5.41) is 10.6. The highest BCUT2D eigenvalue weighted by atomic mass is 32.1. The Morgan fingerprint density at radius 1 is 1.57 bits per heavy atom. The first-order valence-corrected chi connectivity index (χ1v) is 5.12. The zero-order chi connectivity index (χ0) is 10.1. The van der Waals surface area contributed by atoms with Gasteiger partial charge in [-0.05, 0) is 12.5 Å². The van der Waals surface area contributed by atoms with Crippen molar-refractivity contribution in [3.8, 4) is 0 Å². The Morgan fingerprint density at radius 3 is 2.71 bits per heavy atom. The van der Waals surface area contributed by atoms with Crippen molar-refractivity contribution in [2.75, 3.05) is 13.2 Å². The lowest BCUT2D eigenvalue weighted by molar-refractivity contribution is -0.0442. The Labute approximate surface area is 85.1 Å². The summed E-state index contributed by atoms with van der Waals surface area (Å²) in [6.45, 7) is 2.92. The minimum atomic E-state index is -0.892. The van der Waals surface area contributed by atoms with Gasteiger partial charge in [0, 0.05) is 10.9 Å². The second-order valence-corrected chi connectivity index (χ2v) is 3.90. The first-order chi connectivity index (χ1) is 6.70. The quantitative estimate of drug-likeness (QED) is 0.815. The Bertz CT molecular complexity index is 352. The van der Waals surface area contributed by atoms with E-state index >= 15 is 0 Å². The molecule has 1 N–H and O–H groups in total. The molecule has 0 spiro atoms. The first-order valence-electron chi connectivity index (χ1n) is 4.24. The molecule has 1 aliphatic rings. The second-order valence-electron chi connectivity index (χ2n) is 3.02. The molecule has 0 aliphatic carbocycles. The molecule has 2 heterocycles. The molecule has 0 unspecified atom stereocenters. The molecule has 0 saturated carbocycles. The number of carbonyl (C=O) groups is 1. The SMILES string of the molecule is Cc1c(C2OCCO2)csc1C(=O)O. The molecular formula is C9H10O4S. The lowest BCUT2D eigenvalue weighted by atomic mass is 10.1. The van der Waals surface area contributed by atoms with E-state index in [-0.39, 0.29) is 6.29 Å². The Kier molecular flexibility index (Phi) is 2.54. The Balaban J connectivity index is 2.30. The topological polar surface area (TPSA) is 55.8 Å². The third-order valence-corrected chi connectivity index (χ3v) is 3.24. The normalized spacial score (nSPS) is 17.5. The molecule has 1 aliphatic heterocycles. The van der Waals surface area contributed by atoms with Gasteiger partial charge in [-0.3, -0.25) is 0 Å². The van der Waals surface area contributed by atoms with E-state index in [9.17, 15) is 4.79 Å². The number of thiophene rings is 1. The average Bonchev–Trinajstić information content (AvgIpc) is 2.71. The van der Waals surface area contributed by atoms with Crippen molar-refractivity contribution in [3.63, 3.8) is 0 Å². The van der Waals surface area contributed by atoms with Crippen molar-refractivity contribution in [1.82, 2.24) is 0 Å². The molecular weight excluding hydrogens is 204 g/mol. The molecule has 1 aromatic rings. The molecule has 2 rings (SSSR count). The van der Waals surface area contributed by atoms with E-state index in [2.05, 4.69) is 0 Å². The van der Waals surface area contributed by atoms with Crippen LogP contribution in [-0.2, 0) is 9.47 Å². The van der Waals surface area contributed by atoms with E-state index in [0.29, 0.717) is 18.1 Å². The van der Waals surface area contributed by atoms with Crippen molar-refractivity contribution in [1.29, 1.82) is 0 Å². The summed E-state index contributed by atoms with van der Waals surface area (Å²) < 4.78 is 10.6. The molecule has 0 radical (unpaired) electrons. The fraction of sp³-hybridized carbons (Fsp3) is 0.444. The van der Waals surface area contributed by atoms with Gasteiger partial charge in [0.25, 0.3) is 0 Å². The summed E-state index contributed by atoms with van der Waals surface area (Å²) in [5.41, 5.74) is 1.58. The molecule has 14 heavy (non-hydrogen) atoms. The third-order valence-electron chi connectivity index (χ3n) is 2.15. The molecule has 76 valence electrons. The second kappa shape index (κ2) is 3.68. The van der Waals surface area contributed by atoms with E-state index in [1.54, 1.807) is 12.3 Å². The molecule has 0 aromatic carbocycles. The minimum Gasteiger partial charge on any atom is -0.477 e. The lowest BCUT2D eigenvalue weighted by Crippen LogP contribution is -2.01. The molecule has 0 bridgehead atoms. The molecule has 1 aromatic heterocycles. The van der Waals surface area contributed by atoms with Gasteiger partial charge < -0.3 is 14.6 Å². The smallest absolute Gasteiger partial charge is 0.346 e. The number of hydrogen-bond donors (Lipinski definition) is 1. The van der Waals surface area contributed by atoms with Gasteiger partial charge in [0.1, 0.15) is 4.88 Å². The third kappa shape index (κ3) is 1.54. The number of ether oxygens (including phenoxy) is 2. The van der Waals surface area contributed by atoms with Gasteiger partial charge in [-0.25, -0.2) is 4.79 Å². The van der Waals surface area contributed by atoms with Crippen LogP contribution < -0.4 is 0 Å². The van der Waals surface area contributed by atoms with E-state index in [1.165, 1.54) is 11.3 Å². The number of hydrogen-bond acceptors (Lipinski definition) is 4. The van der Waals surface area contributed by atoms with Crippen molar-refractivity contribution >= 4 is 17.3 Å². The molecule has 0 atom stereocenters. The maximum Gasteiger partial charge on any atom is 0.346 e. The minimum absolute atomic E-state index is 0.360. The van der Waals surface area contributed by atoms with Crippen molar-refractivity contribution in [2.24, 2.45) is 0 Å². The Hall–Kier alpha value is -0.910. The van der Waals surface area contributed by atoms with Crippen LogP contribution in [0.5, 0.6) is 0 Å². The van der Waals surface area contributed by atoms with Gasteiger partial charge in [-0.1, -0.05) is 0 Å². The van der Waals surface area contributed by atoms with Crippen LogP contribution >= 0.6 is 11.3 Å². The van der Waals surface area contributed by atoms with E-state index in [0.717, 1.165) is 11.1 Å². The lowest BCUT2D eigenvalue weighted by Gasteiger charge is -2.07. The molecule has 4 nitrogen and oxygen atoms in total. The number of carboxylic acids is 1. The standard InChI is InChI=1S/C9H10O4S/c1-5-6(9-12-2-3-13-9)4-14-7(5)8(10)11/h4,9H,2-3H2,1H3,(H,10,11). The highest BCUT2D eigenvalue weighted by Crippen LogP contribution is 2.31. The van der Waals surface area contributed by atoms with Crippen LogP contribution in [0, 0.1) is 6.92 Å². The molecule has 1 fully saturated rings. The van der Waals surface area contributed by atoms with Gasteiger partial charge in [-0.15, -0.1) is 11.3 Å². The highest BCUT2D eigenvalue weighted by molar-refractivity contribution is 7.12. The van der Waals surface area contributed by atoms with Crippen LogP contribution in [-0.4, -0.2) is 24.3 Å². The van der Waals surface area contributed by atoms with Gasteiger partial charge in [-0.2, -0.15) is 0 Å². The fourth-order valence-electron chi connectivity index (χ4n) is 1.41. The number of aromatic carboxylic acids is 1. The zero-order valence-electron chi connectivity index (χ0n) is 7.65. The van der Waals surface area contributed by atoms with Crippen LogP contribution in [0.15, 0.2) is 5.38 Å². The van der Waals surface area contributed by atoms with Gasteiger partial charge >= 0.3 is 5.97 Å². The van der Waals surface area contributed by atoms with E-state index in [1.807, 2.05) is 0 Å². The predicted octanol–water partition coefficient (Wildman–Crippen LogP) is 1.80. The highest BCUT2D eigenvalue weighted by Gasteiger charge is 2.24. The van der Waals surface area contributed by atoms with Crippen LogP contribution in [0.3, 0.4) is 0 Å². The number of rotatable bonds is 2. The van der Waals surface area contributed by atoms with Gasteiger partial charge in [0.2, 0.25) is 0 Å². The van der Waals surface area contributed by atoms with Crippen molar-refractivity contribution in [3.05, 3.63) is 21.4 Å². The molecule has 0 amide bonds. The molecule has 5 heteroatoms. The summed E-state index contributed by atoms with van der Waals surface area (Å²) >= 11 is 1.21. The van der Waals surface area contributed by atoms with Crippen LogP contribution in [0.2, 0.25) is 0 Å². The maximum absolute atomic E-state index is 10.8. The fourth-order valence-corrected chi connectivity index (χ4v) is 2.34. The summed E-state index contributed by atoms with van der Waals surface area (Å²) in [4.78, 5) is 11.1. The maximum atomic E-state index is 10.8.